The largest absolute Gasteiger partial charge is 0.375 e. The van der Waals surface area contributed by atoms with Crippen LogP contribution in [0, 0.1) is 11.3 Å². The maximum absolute atomic E-state index is 13.6. The molecule has 0 radical (unpaired) electrons. The quantitative estimate of drug-likeness (QED) is 0.712. The van der Waals surface area contributed by atoms with Gasteiger partial charge in [0.25, 0.3) is 11.8 Å². The van der Waals surface area contributed by atoms with Crippen molar-refractivity contribution in [2.24, 2.45) is 0 Å². The summed E-state index contributed by atoms with van der Waals surface area (Å²) in [5.74, 6) is -4.33. The van der Waals surface area contributed by atoms with E-state index in [0.717, 1.165) is 36.6 Å². The molecule has 0 saturated carbocycles. The maximum Gasteiger partial charge on any atom is 0.268 e. The van der Waals surface area contributed by atoms with Crippen molar-refractivity contribution in [3.63, 3.8) is 0 Å². The van der Waals surface area contributed by atoms with E-state index in [-0.39, 0.29) is 0 Å². The molecule has 1 atom stereocenters. The van der Waals surface area contributed by atoms with Crippen LogP contribution in [0.2, 0.25) is 0 Å². The van der Waals surface area contributed by atoms with Gasteiger partial charge in [0.05, 0.1) is 30.2 Å². The van der Waals surface area contributed by atoms with Crippen molar-refractivity contribution in [3.05, 3.63) is 47.8 Å². The van der Waals surface area contributed by atoms with E-state index in [2.05, 4.69) is 20.5 Å². The summed E-state index contributed by atoms with van der Waals surface area (Å²) in [5, 5.41) is 15.5. The Hall–Kier alpha value is -3.58. The van der Waals surface area contributed by atoms with E-state index in [1.807, 2.05) is 30.5 Å². The van der Waals surface area contributed by atoms with Crippen LogP contribution in [-0.2, 0) is 4.79 Å². The molecule has 1 aromatic heterocycles. The highest BCUT2D eigenvalue weighted by atomic mass is 19.3. The van der Waals surface area contributed by atoms with Gasteiger partial charge in [-0.25, -0.2) is 8.78 Å². The first-order chi connectivity index (χ1) is 15.9. The molecule has 10 heteroatoms. The molecular formula is C23H24F2N6O2. The lowest BCUT2D eigenvalue weighted by atomic mass is 10.1. The highest BCUT2D eigenvalue weighted by molar-refractivity contribution is 6.07. The molecule has 4 rings (SSSR count). The van der Waals surface area contributed by atoms with Gasteiger partial charge in [0.1, 0.15) is 6.04 Å². The van der Waals surface area contributed by atoms with Gasteiger partial charge in [-0.1, -0.05) is 6.07 Å². The number of hydrogen-bond donors (Lipinski definition) is 2. The van der Waals surface area contributed by atoms with Crippen molar-refractivity contribution >= 4 is 28.8 Å². The number of benzene rings is 1. The average molecular weight is 454 g/mol. The molecule has 33 heavy (non-hydrogen) atoms. The second kappa shape index (κ2) is 9.50. The minimum Gasteiger partial charge on any atom is -0.375 e. The summed E-state index contributed by atoms with van der Waals surface area (Å²) < 4.78 is 27.2. The van der Waals surface area contributed by atoms with Crippen LogP contribution in [0.4, 0.5) is 8.78 Å². The van der Waals surface area contributed by atoms with Crippen LogP contribution in [0.3, 0.4) is 0 Å². The minimum absolute atomic E-state index is 0.328. The Morgan fingerprint density at radius 1 is 1.30 bits per heavy atom. The number of piperazine rings is 1. The fraction of sp³-hybridized carbons (Fsp3) is 0.391. The first-order valence-electron chi connectivity index (χ1n) is 10.7. The number of pyridine rings is 1. The van der Waals surface area contributed by atoms with Crippen molar-refractivity contribution in [1.82, 2.24) is 25.4 Å². The number of carbonyl (C=O) groups excluding carboxylic acids is 2. The number of rotatable bonds is 5. The fourth-order valence-corrected chi connectivity index (χ4v) is 4.04. The van der Waals surface area contributed by atoms with Crippen LogP contribution < -0.4 is 10.6 Å². The smallest absolute Gasteiger partial charge is 0.268 e. The van der Waals surface area contributed by atoms with Gasteiger partial charge in [0.2, 0.25) is 5.91 Å². The molecule has 2 fully saturated rings. The highest BCUT2D eigenvalue weighted by Gasteiger charge is 2.47. The number of aromatic nitrogens is 1. The summed E-state index contributed by atoms with van der Waals surface area (Å²) >= 11 is 0. The second-order valence-corrected chi connectivity index (χ2v) is 8.15. The van der Waals surface area contributed by atoms with Crippen molar-refractivity contribution in [2.75, 3.05) is 39.3 Å². The van der Waals surface area contributed by atoms with Gasteiger partial charge in [-0.15, -0.1) is 0 Å². The van der Waals surface area contributed by atoms with Crippen LogP contribution in [0.5, 0.6) is 0 Å². The van der Waals surface area contributed by atoms with E-state index < -0.39 is 43.3 Å². The standard InChI is InChI=1S/C23H24F2N6O2/c24-23(25)12-17(13-26)31(15-23)21(32)14-29-22(33)18-3-5-28-20-2-1-16(11-19(18)20)4-8-30-9-6-27-7-10-30/h1-5,8,11,17,27H,6-7,9-10,12,14-15H2,(H,29,33)/b8-4+. The fourth-order valence-electron chi connectivity index (χ4n) is 4.04. The van der Waals surface area contributed by atoms with E-state index in [0.29, 0.717) is 16.5 Å². The zero-order valence-corrected chi connectivity index (χ0v) is 17.9. The molecule has 172 valence electrons. The maximum atomic E-state index is 13.6. The van der Waals surface area contributed by atoms with Crippen LogP contribution in [0.25, 0.3) is 17.0 Å². The molecule has 0 aliphatic carbocycles. The number of nitrogens with zero attached hydrogens (tertiary/aromatic N) is 4. The molecule has 2 aliphatic heterocycles. The van der Waals surface area contributed by atoms with Gasteiger partial charge in [-0.2, -0.15) is 5.26 Å². The molecule has 2 aliphatic rings. The summed E-state index contributed by atoms with van der Waals surface area (Å²) in [6.07, 6.45) is 4.80. The van der Waals surface area contributed by atoms with Gasteiger partial charge in [-0.05, 0) is 36.0 Å². The lowest BCUT2D eigenvalue weighted by molar-refractivity contribution is -0.131. The molecule has 1 aromatic carbocycles. The normalized spacial score (nSPS) is 20.2. The Morgan fingerprint density at radius 2 is 2.09 bits per heavy atom. The Bertz CT molecular complexity index is 1120. The topological polar surface area (TPSA) is 101 Å². The molecule has 1 unspecified atom stereocenters. The van der Waals surface area contributed by atoms with E-state index in [4.69, 9.17) is 5.26 Å². The van der Waals surface area contributed by atoms with Crippen molar-refractivity contribution < 1.29 is 18.4 Å². The number of hydrogen-bond acceptors (Lipinski definition) is 6. The number of amides is 2. The first-order valence-corrected chi connectivity index (χ1v) is 10.7. The first kappa shape index (κ1) is 22.6. The third kappa shape index (κ3) is 5.26. The molecule has 2 saturated heterocycles. The predicted octanol–water partition coefficient (Wildman–Crippen LogP) is 1.60. The molecule has 0 bridgehead atoms. The van der Waals surface area contributed by atoms with Crippen molar-refractivity contribution in [1.29, 1.82) is 5.26 Å². The monoisotopic (exact) mass is 454 g/mol. The lowest BCUT2D eigenvalue weighted by Gasteiger charge is -2.25. The second-order valence-electron chi connectivity index (χ2n) is 8.15. The van der Waals surface area contributed by atoms with Gasteiger partial charge in [0.15, 0.2) is 0 Å². The van der Waals surface area contributed by atoms with Crippen LogP contribution >= 0.6 is 0 Å². The zero-order chi connectivity index (χ0) is 23.4. The van der Waals surface area contributed by atoms with Gasteiger partial charge in [-0.3, -0.25) is 14.6 Å². The Balaban J connectivity index is 1.47. The van der Waals surface area contributed by atoms with E-state index >= 15 is 0 Å². The molecule has 3 heterocycles. The molecule has 2 N–H and O–H groups in total. The van der Waals surface area contributed by atoms with E-state index in [9.17, 15) is 18.4 Å². The Kier molecular flexibility index (Phi) is 6.51. The summed E-state index contributed by atoms with van der Waals surface area (Å²) in [4.78, 5) is 32.5. The van der Waals surface area contributed by atoms with Gasteiger partial charge >= 0.3 is 0 Å². The van der Waals surface area contributed by atoms with Crippen LogP contribution in [0.1, 0.15) is 22.3 Å². The zero-order valence-electron chi connectivity index (χ0n) is 17.9. The third-order valence-electron chi connectivity index (χ3n) is 5.78. The number of likely N-dealkylation sites (tertiary alicyclic amines) is 1. The third-order valence-corrected chi connectivity index (χ3v) is 5.78. The van der Waals surface area contributed by atoms with Crippen LogP contribution in [0.15, 0.2) is 36.7 Å². The molecule has 2 amide bonds. The summed E-state index contributed by atoms with van der Waals surface area (Å²) in [6, 6.07) is 7.66. The number of halogens is 2. The molecule has 0 spiro atoms. The molecule has 2 aromatic rings. The van der Waals surface area contributed by atoms with Gasteiger partial charge in [0, 0.05) is 44.2 Å². The summed E-state index contributed by atoms with van der Waals surface area (Å²) in [7, 11) is 0. The van der Waals surface area contributed by atoms with E-state index in [1.165, 1.54) is 6.20 Å². The minimum atomic E-state index is -3.10. The summed E-state index contributed by atoms with van der Waals surface area (Å²) in [6.45, 7) is 2.41. The summed E-state index contributed by atoms with van der Waals surface area (Å²) in [5.41, 5.74) is 1.85. The number of nitrogens with one attached hydrogen (secondary N) is 2. The predicted molar refractivity (Wildman–Crippen MR) is 118 cm³/mol. The average Bonchev–Trinajstić information content (AvgIpc) is 3.15. The lowest BCUT2D eigenvalue weighted by Crippen LogP contribution is -2.43. The SMILES string of the molecule is N#CC1CC(F)(F)CN1C(=O)CNC(=O)c1ccnc2ccc(/C=C/N3CCNCC3)cc12. The van der Waals surface area contributed by atoms with Crippen molar-refractivity contribution in [2.45, 2.75) is 18.4 Å². The number of carbonyl (C=O) groups is 2. The Morgan fingerprint density at radius 3 is 2.85 bits per heavy atom. The van der Waals surface area contributed by atoms with Crippen LogP contribution in [-0.4, -0.2) is 77.8 Å². The van der Waals surface area contributed by atoms with Crippen molar-refractivity contribution in [3.8, 4) is 6.07 Å². The Labute approximate surface area is 189 Å². The number of alkyl halides is 2. The molecular weight excluding hydrogens is 430 g/mol. The van der Waals surface area contributed by atoms with Gasteiger partial charge < -0.3 is 20.4 Å². The van der Waals surface area contributed by atoms with E-state index in [1.54, 1.807) is 12.1 Å². The highest BCUT2D eigenvalue weighted by Crippen LogP contribution is 2.31. The number of nitriles is 1. The number of fused-ring (bicyclic) bond motifs is 1. The molecule has 8 nitrogen and oxygen atoms in total.